The van der Waals surface area contributed by atoms with Gasteiger partial charge in [0.05, 0.1) is 28.8 Å². The SMILES string of the molecule is O=C(Nc1ccc(Cl)c(Cl)c1)N[C@@H]1CC[C@H](CCNC(=O)c2ccc(F)cc2)O[C@H]1CO. The minimum Gasteiger partial charge on any atom is -0.394 e. The van der Waals surface area contributed by atoms with Gasteiger partial charge in [0, 0.05) is 17.8 Å². The number of ether oxygens (including phenoxy) is 1. The predicted molar refractivity (Wildman–Crippen MR) is 121 cm³/mol. The number of aliphatic hydroxyl groups is 1. The third kappa shape index (κ3) is 6.80. The number of hydrogen-bond acceptors (Lipinski definition) is 4. The molecule has 172 valence electrons. The number of urea groups is 1. The van der Waals surface area contributed by atoms with E-state index in [-0.39, 0.29) is 24.7 Å². The normalized spacial score (nSPS) is 20.4. The molecular formula is C22H24Cl2FN3O4. The van der Waals surface area contributed by atoms with Gasteiger partial charge in [-0.3, -0.25) is 4.79 Å². The Morgan fingerprint density at radius 1 is 1.09 bits per heavy atom. The fraction of sp³-hybridized carbons (Fsp3) is 0.364. The van der Waals surface area contributed by atoms with Gasteiger partial charge in [-0.15, -0.1) is 0 Å². The molecule has 3 atom stereocenters. The number of rotatable bonds is 7. The van der Waals surface area contributed by atoms with Crippen molar-refractivity contribution >= 4 is 40.8 Å². The molecule has 4 N–H and O–H groups in total. The van der Waals surface area contributed by atoms with Gasteiger partial charge in [0.15, 0.2) is 0 Å². The first-order valence-electron chi connectivity index (χ1n) is 10.2. The van der Waals surface area contributed by atoms with Crippen molar-refractivity contribution < 1.29 is 23.8 Å². The van der Waals surface area contributed by atoms with Crippen molar-refractivity contribution in [3.05, 3.63) is 63.9 Å². The molecule has 0 aromatic heterocycles. The van der Waals surface area contributed by atoms with Crippen LogP contribution >= 0.6 is 23.2 Å². The van der Waals surface area contributed by atoms with Crippen LogP contribution in [0.2, 0.25) is 10.0 Å². The van der Waals surface area contributed by atoms with E-state index in [1.54, 1.807) is 18.2 Å². The minimum absolute atomic E-state index is 0.170. The summed E-state index contributed by atoms with van der Waals surface area (Å²) in [5.74, 6) is -0.695. The van der Waals surface area contributed by atoms with Crippen molar-refractivity contribution in [1.82, 2.24) is 10.6 Å². The van der Waals surface area contributed by atoms with Crippen LogP contribution in [0.1, 0.15) is 29.6 Å². The minimum atomic E-state index is -0.568. The third-order valence-electron chi connectivity index (χ3n) is 5.15. The summed E-state index contributed by atoms with van der Waals surface area (Å²) in [5.41, 5.74) is 0.866. The second-order valence-electron chi connectivity index (χ2n) is 7.44. The summed E-state index contributed by atoms with van der Waals surface area (Å²) in [5, 5.41) is 18.7. The van der Waals surface area contributed by atoms with Gasteiger partial charge in [0.2, 0.25) is 0 Å². The van der Waals surface area contributed by atoms with E-state index in [1.165, 1.54) is 24.3 Å². The van der Waals surface area contributed by atoms with Crippen molar-refractivity contribution in [2.75, 3.05) is 18.5 Å². The third-order valence-corrected chi connectivity index (χ3v) is 5.89. The Balaban J connectivity index is 1.43. The molecule has 1 aliphatic heterocycles. The summed E-state index contributed by atoms with van der Waals surface area (Å²) >= 11 is 11.8. The highest BCUT2D eigenvalue weighted by atomic mass is 35.5. The van der Waals surface area contributed by atoms with Crippen molar-refractivity contribution in [2.45, 2.75) is 37.5 Å². The Bertz CT molecular complexity index is 945. The molecule has 10 heteroatoms. The number of amides is 3. The van der Waals surface area contributed by atoms with E-state index in [0.29, 0.717) is 47.1 Å². The fourth-order valence-electron chi connectivity index (χ4n) is 3.47. The van der Waals surface area contributed by atoms with Crippen molar-refractivity contribution in [2.24, 2.45) is 0 Å². The number of aliphatic hydroxyl groups excluding tert-OH is 1. The van der Waals surface area contributed by atoms with Crippen LogP contribution in [-0.2, 0) is 4.74 Å². The number of nitrogens with one attached hydrogen (secondary N) is 3. The molecule has 0 radical (unpaired) electrons. The molecule has 3 amide bonds. The smallest absolute Gasteiger partial charge is 0.319 e. The van der Waals surface area contributed by atoms with E-state index in [4.69, 9.17) is 27.9 Å². The fourth-order valence-corrected chi connectivity index (χ4v) is 3.77. The first-order valence-corrected chi connectivity index (χ1v) is 10.9. The molecule has 1 heterocycles. The molecule has 0 spiro atoms. The summed E-state index contributed by atoms with van der Waals surface area (Å²) in [6.45, 7) is 0.116. The second-order valence-corrected chi connectivity index (χ2v) is 8.26. The number of benzene rings is 2. The van der Waals surface area contributed by atoms with E-state index in [1.807, 2.05) is 0 Å². The molecule has 0 saturated carbocycles. The van der Waals surface area contributed by atoms with Gasteiger partial charge >= 0.3 is 6.03 Å². The molecule has 1 saturated heterocycles. The van der Waals surface area contributed by atoms with Crippen LogP contribution < -0.4 is 16.0 Å². The van der Waals surface area contributed by atoms with Gasteiger partial charge in [0.25, 0.3) is 5.91 Å². The Morgan fingerprint density at radius 3 is 2.53 bits per heavy atom. The molecule has 0 aliphatic carbocycles. The molecule has 0 bridgehead atoms. The van der Waals surface area contributed by atoms with Gasteiger partial charge in [-0.2, -0.15) is 0 Å². The number of hydrogen-bond donors (Lipinski definition) is 4. The zero-order valence-electron chi connectivity index (χ0n) is 17.1. The zero-order valence-corrected chi connectivity index (χ0v) is 18.6. The largest absolute Gasteiger partial charge is 0.394 e. The average Bonchev–Trinajstić information content (AvgIpc) is 2.77. The molecule has 1 fully saturated rings. The maximum atomic E-state index is 13.0. The van der Waals surface area contributed by atoms with Crippen LogP contribution in [-0.4, -0.2) is 48.4 Å². The average molecular weight is 484 g/mol. The molecule has 2 aromatic carbocycles. The van der Waals surface area contributed by atoms with Crippen LogP contribution in [0.4, 0.5) is 14.9 Å². The Hall–Kier alpha value is -2.39. The molecule has 32 heavy (non-hydrogen) atoms. The topological polar surface area (TPSA) is 99.7 Å². The Kier molecular flexibility index (Phi) is 8.69. The molecule has 1 aliphatic rings. The first-order chi connectivity index (χ1) is 15.4. The number of anilines is 1. The lowest BCUT2D eigenvalue weighted by atomic mass is 9.97. The van der Waals surface area contributed by atoms with Crippen LogP contribution in [0, 0.1) is 5.82 Å². The second kappa shape index (κ2) is 11.5. The highest BCUT2D eigenvalue weighted by Gasteiger charge is 2.31. The molecule has 2 aromatic rings. The maximum Gasteiger partial charge on any atom is 0.319 e. The summed E-state index contributed by atoms with van der Waals surface area (Å²) < 4.78 is 18.9. The van der Waals surface area contributed by atoms with E-state index < -0.39 is 18.0 Å². The highest BCUT2D eigenvalue weighted by molar-refractivity contribution is 6.42. The van der Waals surface area contributed by atoms with Crippen LogP contribution in [0.15, 0.2) is 42.5 Å². The lowest BCUT2D eigenvalue weighted by Gasteiger charge is -2.36. The quantitative estimate of drug-likeness (QED) is 0.478. The number of halogens is 3. The summed E-state index contributed by atoms with van der Waals surface area (Å²) in [6.07, 6.45) is 1.07. The lowest BCUT2D eigenvalue weighted by molar-refractivity contribution is -0.0886. The van der Waals surface area contributed by atoms with Gasteiger partial charge in [-0.25, -0.2) is 9.18 Å². The first kappa shape index (κ1) is 24.3. The number of carbonyl (C=O) groups is 2. The van der Waals surface area contributed by atoms with Gasteiger partial charge in [0.1, 0.15) is 11.9 Å². The predicted octanol–water partition coefficient (Wildman–Crippen LogP) is 3.98. The van der Waals surface area contributed by atoms with Gasteiger partial charge in [-0.05, 0) is 61.7 Å². The van der Waals surface area contributed by atoms with Crippen molar-refractivity contribution in [3.63, 3.8) is 0 Å². The summed E-state index contributed by atoms with van der Waals surface area (Å²) in [6, 6.07) is 9.25. The van der Waals surface area contributed by atoms with Crippen LogP contribution in [0.5, 0.6) is 0 Å². The maximum absolute atomic E-state index is 13.0. The van der Waals surface area contributed by atoms with E-state index in [0.717, 1.165) is 0 Å². The molecular weight excluding hydrogens is 460 g/mol. The summed E-state index contributed by atoms with van der Waals surface area (Å²) in [4.78, 5) is 24.4. The monoisotopic (exact) mass is 483 g/mol. The van der Waals surface area contributed by atoms with Crippen LogP contribution in [0.3, 0.4) is 0 Å². The summed E-state index contributed by atoms with van der Waals surface area (Å²) in [7, 11) is 0. The van der Waals surface area contributed by atoms with Crippen molar-refractivity contribution in [3.8, 4) is 0 Å². The Labute approximate surface area is 195 Å². The van der Waals surface area contributed by atoms with Crippen molar-refractivity contribution in [1.29, 1.82) is 0 Å². The Morgan fingerprint density at radius 2 is 1.84 bits per heavy atom. The van der Waals surface area contributed by atoms with E-state index >= 15 is 0 Å². The number of carbonyl (C=O) groups excluding carboxylic acids is 2. The molecule has 3 rings (SSSR count). The lowest BCUT2D eigenvalue weighted by Crippen LogP contribution is -2.52. The highest BCUT2D eigenvalue weighted by Crippen LogP contribution is 2.25. The van der Waals surface area contributed by atoms with E-state index in [9.17, 15) is 19.1 Å². The zero-order chi connectivity index (χ0) is 23.1. The standard InChI is InChI=1S/C22H24Cl2FN3O4/c23-17-7-5-15(11-18(17)24)27-22(31)28-19-8-6-16(32-20(19)12-29)9-10-26-21(30)13-1-3-14(25)4-2-13/h1-5,7,11,16,19-20,29H,6,8-10,12H2,(H,26,30)(H2,27,28,31)/t16-,19-,20+/m1/s1. The van der Waals surface area contributed by atoms with E-state index in [2.05, 4.69) is 16.0 Å². The molecule has 7 nitrogen and oxygen atoms in total. The molecule has 0 unspecified atom stereocenters. The van der Waals surface area contributed by atoms with Gasteiger partial charge in [-0.1, -0.05) is 23.2 Å². The van der Waals surface area contributed by atoms with Crippen LogP contribution in [0.25, 0.3) is 0 Å². The van der Waals surface area contributed by atoms with Gasteiger partial charge < -0.3 is 25.8 Å².